The maximum absolute atomic E-state index is 11.6. The number of benzene rings is 1. The first-order valence-electron chi connectivity index (χ1n) is 6.00. The standard InChI is InChI=1S/C14H13N3O2/c1-15-8-10-7-13(18)17-14(16-10)12-6-9-4-2-3-5-11(9)19-12/h2-7,15H,8H2,1H3,(H,16,17,18). The van der Waals surface area contributed by atoms with Gasteiger partial charge < -0.3 is 14.7 Å². The number of nitrogens with zero attached hydrogens (tertiary/aromatic N) is 1. The van der Waals surface area contributed by atoms with E-state index >= 15 is 0 Å². The van der Waals surface area contributed by atoms with E-state index in [2.05, 4.69) is 15.3 Å². The zero-order chi connectivity index (χ0) is 13.2. The van der Waals surface area contributed by atoms with Crippen molar-refractivity contribution in [2.75, 3.05) is 7.05 Å². The van der Waals surface area contributed by atoms with E-state index in [4.69, 9.17) is 4.42 Å². The Morgan fingerprint density at radius 3 is 2.95 bits per heavy atom. The van der Waals surface area contributed by atoms with Crippen molar-refractivity contribution in [2.45, 2.75) is 6.54 Å². The Hall–Kier alpha value is -2.40. The van der Waals surface area contributed by atoms with E-state index in [1.54, 1.807) is 0 Å². The van der Waals surface area contributed by atoms with E-state index in [-0.39, 0.29) is 5.56 Å². The van der Waals surface area contributed by atoms with E-state index in [0.29, 0.717) is 23.8 Å². The van der Waals surface area contributed by atoms with Crippen molar-refractivity contribution in [2.24, 2.45) is 0 Å². The van der Waals surface area contributed by atoms with Gasteiger partial charge in [0.1, 0.15) is 5.58 Å². The second-order valence-electron chi connectivity index (χ2n) is 4.26. The number of fused-ring (bicyclic) bond motifs is 1. The molecule has 0 radical (unpaired) electrons. The first kappa shape index (κ1) is 11.7. The molecule has 96 valence electrons. The van der Waals surface area contributed by atoms with E-state index in [9.17, 15) is 4.79 Å². The number of aromatic nitrogens is 2. The highest BCUT2D eigenvalue weighted by atomic mass is 16.3. The number of hydrogen-bond acceptors (Lipinski definition) is 4. The molecule has 0 aliphatic rings. The minimum absolute atomic E-state index is 0.185. The molecule has 19 heavy (non-hydrogen) atoms. The smallest absolute Gasteiger partial charge is 0.251 e. The molecule has 3 rings (SSSR count). The topological polar surface area (TPSA) is 70.9 Å². The lowest BCUT2D eigenvalue weighted by molar-refractivity contribution is 0.623. The Kier molecular flexibility index (Phi) is 2.89. The minimum Gasteiger partial charge on any atom is -0.453 e. The zero-order valence-corrected chi connectivity index (χ0v) is 10.4. The van der Waals surface area contributed by atoms with Crippen molar-refractivity contribution in [1.82, 2.24) is 15.3 Å². The summed E-state index contributed by atoms with van der Waals surface area (Å²) < 4.78 is 5.69. The van der Waals surface area contributed by atoms with Gasteiger partial charge in [-0.3, -0.25) is 4.79 Å². The number of furan rings is 1. The van der Waals surface area contributed by atoms with Gasteiger partial charge in [0.05, 0.1) is 5.69 Å². The second kappa shape index (κ2) is 4.70. The monoisotopic (exact) mass is 255 g/mol. The van der Waals surface area contributed by atoms with Crippen molar-refractivity contribution in [1.29, 1.82) is 0 Å². The SMILES string of the molecule is CNCc1cc(=O)[nH]c(-c2cc3ccccc3o2)n1. The third-order valence-corrected chi connectivity index (χ3v) is 2.81. The predicted molar refractivity (Wildman–Crippen MR) is 72.8 cm³/mol. The van der Waals surface area contributed by atoms with Crippen LogP contribution in [-0.2, 0) is 6.54 Å². The molecule has 3 aromatic rings. The van der Waals surface area contributed by atoms with Crippen LogP contribution in [0.25, 0.3) is 22.6 Å². The Morgan fingerprint density at radius 1 is 1.32 bits per heavy atom. The molecule has 0 aliphatic heterocycles. The Labute approximate surface area is 109 Å². The molecule has 2 N–H and O–H groups in total. The van der Waals surface area contributed by atoms with Crippen molar-refractivity contribution in [3.05, 3.63) is 52.4 Å². The van der Waals surface area contributed by atoms with Crippen molar-refractivity contribution < 1.29 is 4.42 Å². The van der Waals surface area contributed by atoms with Gasteiger partial charge in [0, 0.05) is 18.0 Å². The second-order valence-corrected chi connectivity index (χ2v) is 4.26. The highest BCUT2D eigenvalue weighted by Crippen LogP contribution is 2.24. The number of aromatic amines is 1. The number of rotatable bonds is 3. The summed E-state index contributed by atoms with van der Waals surface area (Å²) in [6, 6.07) is 11.0. The summed E-state index contributed by atoms with van der Waals surface area (Å²) >= 11 is 0. The number of para-hydroxylation sites is 1. The fourth-order valence-corrected chi connectivity index (χ4v) is 1.99. The molecule has 1 aromatic carbocycles. The zero-order valence-electron chi connectivity index (χ0n) is 10.4. The molecule has 0 atom stereocenters. The molecule has 0 bridgehead atoms. The van der Waals surface area contributed by atoms with E-state index in [0.717, 1.165) is 11.0 Å². The molecule has 0 fully saturated rings. The average Bonchev–Trinajstić information content (AvgIpc) is 2.82. The lowest BCUT2D eigenvalue weighted by Crippen LogP contribution is -2.14. The van der Waals surface area contributed by atoms with Crippen LogP contribution in [0.4, 0.5) is 0 Å². The maximum Gasteiger partial charge on any atom is 0.251 e. The maximum atomic E-state index is 11.6. The van der Waals surface area contributed by atoms with Crippen LogP contribution in [0.1, 0.15) is 5.69 Å². The average molecular weight is 255 g/mol. The molecule has 5 nitrogen and oxygen atoms in total. The van der Waals surface area contributed by atoms with Gasteiger partial charge in [0.15, 0.2) is 11.6 Å². The van der Waals surface area contributed by atoms with E-state index in [1.807, 2.05) is 37.4 Å². The van der Waals surface area contributed by atoms with Crippen LogP contribution in [-0.4, -0.2) is 17.0 Å². The Morgan fingerprint density at radius 2 is 2.16 bits per heavy atom. The fourth-order valence-electron chi connectivity index (χ4n) is 1.99. The van der Waals surface area contributed by atoms with Gasteiger partial charge in [0.25, 0.3) is 5.56 Å². The summed E-state index contributed by atoms with van der Waals surface area (Å²) in [5, 5.41) is 3.96. The Balaban J connectivity index is 2.12. The molecule has 2 heterocycles. The van der Waals surface area contributed by atoms with Gasteiger partial charge in [-0.15, -0.1) is 0 Å². The number of hydrogen-bond donors (Lipinski definition) is 2. The van der Waals surface area contributed by atoms with Crippen molar-refractivity contribution in [3.8, 4) is 11.6 Å². The molecule has 0 saturated carbocycles. The summed E-state index contributed by atoms with van der Waals surface area (Å²) in [5.74, 6) is 1.02. The third-order valence-electron chi connectivity index (χ3n) is 2.81. The van der Waals surface area contributed by atoms with Gasteiger partial charge >= 0.3 is 0 Å². The molecule has 0 spiro atoms. The highest BCUT2D eigenvalue weighted by molar-refractivity contribution is 5.81. The van der Waals surface area contributed by atoms with Gasteiger partial charge in [-0.05, 0) is 19.2 Å². The summed E-state index contributed by atoms with van der Waals surface area (Å²) in [6.45, 7) is 0.539. The van der Waals surface area contributed by atoms with Crippen LogP contribution in [0.15, 0.2) is 45.6 Å². The van der Waals surface area contributed by atoms with Gasteiger partial charge in [0.2, 0.25) is 0 Å². The van der Waals surface area contributed by atoms with Crippen LogP contribution < -0.4 is 10.9 Å². The van der Waals surface area contributed by atoms with Crippen LogP contribution in [0.2, 0.25) is 0 Å². The summed E-state index contributed by atoms with van der Waals surface area (Å²) in [7, 11) is 1.81. The molecule has 2 aromatic heterocycles. The summed E-state index contributed by atoms with van der Waals surface area (Å²) in [5.41, 5.74) is 1.27. The molecule has 5 heteroatoms. The number of nitrogens with one attached hydrogen (secondary N) is 2. The van der Waals surface area contributed by atoms with Crippen LogP contribution >= 0.6 is 0 Å². The van der Waals surface area contributed by atoms with Crippen LogP contribution in [0.3, 0.4) is 0 Å². The Bertz CT molecular complexity index is 740. The molecule has 0 aliphatic carbocycles. The van der Waals surface area contributed by atoms with E-state index in [1.165, 1.54) is 6.07 Å². The van der Waals surface area contributed by atoms with E-state index < -0.39 is 0 Å². The molecular weight excluding hydrogens is 242 g/mol. The minimum atomic E-state index is -0.185. The highest BCUT2D eigenvalue weighted by Gasteiger charge is 2.09. The molecule has 0 amide bonds. The van der Waals surface area contributed by atoms with Crippen LogP contribution in [0, 0.1) is 0 Å². The van der Waals surface area contributed by atoms with Crippen molar-refractivity contribution >= 4 is 11.0 Å². The molecular formula is C14H13N3O2. The van der Waals surface area contributed by atoms with Crippen LogP contribution in [0.5, 0.6) is 0 Å². The van der Waals surface area contributed by atoms with Gasteiger partial charge in [-0.2, -0.15) is 0 Å². The fraction of sp³-hybridized carbons (Fsp3) is 0.143. The summed E-state index contributed by atoms with van der Waals surface area (Å²) in [4.78, 5) is 18.7. The molecule has 0 unspecified atom stereocenters. The largest absolute Gasteiger partial charge is 0.453 e. The first-order chi connectivity index (χ1) is 9.26. The predicted octanol–water partition coefficient (Wildman–Crippen LogP) is 1.90. The van der Waals surface area contributed by atoms with Crippen molar-refractivity contribution in [3.63, 3.8) is 0 Å². The first-order valence-corrected chi connectivity index (χ1v) is 6.00. The lowest BCUT2D eigenvalue weighted by Gasteiger charge is -2.01. The molecule has 0 saturated heterocycles. The summed E-state index contributed by atoms with van der Waals surface area (Å²) in [6.07, 6.45) is 0. The third kappa shape index (κ3) is 2.28. The van der Waals surface area contributed by atoms with Gasteiger partial charge in [-0.25, -0.2) is 4.98 Å². The number of H-pyrrole nitrogens is 1. The van der Waals surface area contributed by atoms with Gasteiger partial charge in [-0.1, -0.05) is 18.2 Å². The lowest BCUT2D eigenvalue weighted by atomic mass is 10.2. The normalized spacial score (nSPS) is 11.0. The quantitative estimate of drug-likeness (QED) is 0.750.